The molecule has 0 spiro atoms. The summed E-state index contributed by atoms with van der Waals surface area (Å²) in [7, 11) is 0. The Morgan fingerprint density at radius 1 is 0.315 bits per heavy atom. The Hall–Kier alpha value is -2.25. The second-order valence-corrected chi connectivity index (χ2v) is 22.3. The van der Waals surface area contributed by atoms with Gasteiger partial charge in [-0.25, -0.2) is 0 Å². The predicted molar refractivity (Wildman–Crippen MR) is 328 cm³/mol. The predicted octanol–water partition coefficient (Wildman–Crippen LogP) is 24.8. The molecule has 0 heterocycles. The van der Waals surface area contributed by atoms with Crippen molar-refractivity contribution >= 4 is 23.3 Å². The second kappa shape index (κ2) is 56.0. The fourth-order valence-electron chi connectivity index (χ4n) is 10.5. The number of allylic oxidation sites excluding steroid dienone is 4. The molecule has 73 heavy (non-hydrogen) atoms. The van der Waals surface area contributed by atoms with Gasteiger partial charge in [0, 0.05) is 22.7 Å². The van der Waals surface area contributed by atoms with E-state index in [1.54, 1.807) is 0 Å². The number of hydrogen-bond acceptors (Lipinski definition) is 2. The van der Waals surface area contributed by atoms with Crippen molar-refractivity contribution in [1.82, 2.24) is 0 Å². The molecular formula is C70H120N2Ni. The van der Waals surface area contributed by atoms with Crippen LogP contribution in [0.4, 0.5) is 11.4 Å². The number of para-hydroxylation sites is 2. The van der Waals surface area contributed by atoms with Crippen LogP contribution < -0.4 is 0 Å². The van der Waals surface area contributed by atoms with Crippen LogP contribution in [0.25, 0.3) is 0 Å². The van der Waals surface area contributed by atoms with Gasteiger partial charge >= 0.3 is 0 Å². The van der Waals surface area contributed by atoms with Crippen molar-refractivity contribution < 1.29 is 16.5 Å². The molecule has 2 nitrogen and oxygen atoms in total. The van der Waals surface area contributed by atoms with Gasteiger partial charge in [-0.15, -0.1) is 0 Å². The largest absolute Gasteiger partial charge is 0.255 e. The zero-order valence-corrected chi connectivity index (χ0v) is 49.9. The molecule has 2 rings (SSSR count). The molecule has 0 radical (unpaired) electrons. The standard InChI is InChI=1S/C70H120N2.Ni/c1-4-7-10-12-14-16-18-20-22-24-26-28-30-32-34-36-38-40-42-44-46-48-50-52-58-66-60-54-56-63-69(66)71-65-68(62-9-6-3)72-70-64-57-55-61-67(70)59-53-51-49-47-45-43-41-39-37-35-33-31-29-27-25-23-21-19-17-15-13-11-8-5-2;/h46-49,54-57,60-61,63-65H,4-45,50-53,58-59,62H2,1-3H3;/b48-46+,49-47+,71-65-,72-68+;. The van der Waals surface area contributed by atoms with Crippen LogP contribution in [0, 0.1) is 0 Å². The van der Waals surface area contributed by atoms with E-state index >= 15 is 0 Å². The summed E-state index contributed by atoms with van der Waals surface area (Å²) in [5, 5.41) is 0. The molecule has 3 heteroatoms. The normalized spacial score (nSPS) is 12.1. The van der Waals surface area contributed by atoms with Crippen LogP contribution in [0.2, 0.25) is 0 Å². The molecular weight excluding hydrogens is 927 g/mol. The first-order chi connectivity index (χ1) is 35.8. The summed E-state index contributed by atoms with van der Waals surface area (Å²) in [5.74, 6) is 0. The first-order valence-corrected chi connectivity index (χ1v) is 32.4. The molecule has 420 valence electrons. The molecule has 0 saturated carbocycles. The van der Waals surface area contributed by atoms with E-state index < -0.39 is 0 Å². The molecule has 2 aromatic rings. The van der Waals surface area contributed by atoms with Crippen molar-refractivity contribution in [3.05, 3.63) is 84.0 Å². The zero-order chi connectivity index (χ0) is 51.1. The van der Waals surface area contributed by atoms with Gasteiger partial charge in [-0.2, -0.15) is 0 Å². The van der Waals surface area contributed by atoms with E-state index in [-0.39, 0.29) is 16.5 Å². The maximum absolute atomic E-state index is 5.26. The van der Waals surface area contributed by atoms with Crippen LogP contribution in [0.15, 0.2) is 82.8 Å². The van der Waals surface area contributed by atoms with Crippen molar-refractivity contribution in [2.24, 2.45) is 9.98 Å². The Morgan fingerprint density at radius 2 is 0.589 bits per heavy atom. The van der Waals surface area contributed by atoms with Crippen molar-refractivity contribution in [1.29, 1.82) is 0 Å². The molecule has 2 aromatic carbocycles. The van der Waals surface area contributed by atoms with Gasteiger partial charge in [-0.1, -0.05) is 319 Å². The fraction of sp³-hybridized carbons (Fsp3) is 0.743. The van der Waals surface area contributed by atoms with Gasteiger partial charge in [0.05, 0.1) is 17.1 Å². The molecule has 0 amide bonds. The number of rotatable bonds is 54. The summed E-state index contributed by atoms with van der Waals surface area (Å²) in [5.41, 5.74) is 6.01. The molecule has 0 fully saturated rings. The second-order valence-electron chi connectivity index (χ2n) is 22.3. The van der Waals surface area contributed by atoms with Crippen LogP contribution in [0.1, 0.15) is 334 Å². The molecule has 0 aliphatic heterocycles. The van der Waals surface area contributed by atoms with E-state index in [0.29, 0.717) is 0 Å². The minimum atomic E-state index is 0. The third-order valence-electron chi connectivity index (χ3n) is 15.3. The summed E-state index contributed by atoms with van der Waals surface area (Å²) in [6.07, 6.45) is 79.0. The summed E-state index contributed by atoms with van der Waals surface area (Å²) in [6, 6.07) is 17.6. The van der Waals surface area contributed by atoms with Crippen LogP contribution in [-0.4, -0.2) is 11.9 Å². The monoisotopic (exact) mass is 1050 g/mol. The Bertz CT molecular complexity index is 1550. The van der Waals surface area contributed by atoms with E-state index in [9.17, 15) is 0 Å². The van der Waals surface area contributed by atoms with Crippen molar-refractivity contribution in [2.75, 3.05) is 0 Å². The van der Waals surface area contributed by atoms with E-state index in [1.165, 1.54) is 281 Å². The number of hydrogen-bond donors (Lipinski definition) is 0. The average Bonchev–Trinajstić information content (AvgIpc) is 3.40. The minimum Gasteiger partial charge on any atom is -0.255 e. The Labute approximate surface area is 466 Å². The smallest absolute Gasteiger partial charge is 0.0665 e. The third kappa shape index (κ3) is 44.6. The van der Waals surface area contributed by atoms with Gasteiger partial charge in [0.15, 0.2) is 0 Å². The maximum Gasteiger partial charge on any atom is 0.0665 e. The van der Waals surface area contributed by atoms with Crippen molar-refractivity contribution in [3.63, 3.8) is 0 Å². The summed E-state index contributed by atoms with van der Waals surface area (Å²) >= 11 is 0. The SMILES string of the molecule is CCCCCCCCCCCCCCCCCCCCC/C=C/CCCc1ccccc1/N=C\C(CCCC)=N\c1ccccc1CCC/C=C/CCCCCCCCCCCCCCCCCCCCC.[Ni]. The van der Waals surface area contributed by atoms with E-state index in [4.69, 9.17) is 9.98 Å². The summed E-state index contributed by atoms with van der Waals surface area (Å²) < 4.78 is 0. The molecule has 0 aliphatic carbocycles. The van der Waals surface area contributed by atoms with Gasteiger partial charge in [-0.3, -0.25) is 9.98 Å². The van der Waals surface area contributed by atoms with E-state index in [1.807, 2.05) is 0 Å². The Morgan fingerprint density at radius 3 is 0.932 bits per heavy atom. The minimum absolute atomic E-state index is 0. The van der Waals surface area contributed by atoms with Gasteiger partial charge in [-0.05, 0) is 100 Å². The number of benzene rings is 2. The number of aliphatic imine (C=N–C) groups is 2. The van der Waals surface area contributed by atoms with Gasteiger partial charge < -0.3 is 0 Å². The Balaban J connectivity index is 0.0000266. The van der Waals surface area contributed by atoms with E-state index in [2.05, 4.69) is 99.8 Å². The maximum atomic E-state index is 5.26. The van der Waals surface area contributed by atoms with Crippen LogP contribution >= 0.6 is 0 Å². The molecule has 0 atom stereocenters. The quantitative estimate of drug-likeness (QED) is 0.0273. The van der Waals surface area contributed by atoms with E-state index in [0.717, 1.165) is 62.0 Å². The van der Waals surface area contributed by atoms with Gasteiger partial charge in [0.1, 0.15) is 0 Å². The van der Waals surface area contributed by atoms with Crippen LogP contribution in [0.3, 0.4) is 0 Å². The molecule has 0 saturated heterocycles. The number of aryl methyl sites for hydroxylation is 2. The van der Waals surface area contributed by atoms with Gasteiger partial charge in [0.25, 0.3) is 0 Å². The van der Waals surface area contributed by atoms with Crippen molar-refractivity contribution in [2.45, 2.75) is 335 Å². The first-order valence-electron chi connectivity index (χ1n) is 32.4. The topological polar surface area (TPSA) is 24.7 Å². The molecule has 0 N–H and O–H groups in total. The van der Waals surface area contributed by atoms with Crippen LogP contribution in [-0.2, 0) is 29.3 Å². The van der Waals surface area contributed by atoms with Crippen molar-refractivity contribution in [3.8, 4) is 0 Å². The van der Waals surface area contributed by atoms with Crippen LogP contribution in [0.5, 0.6) is 0 Å². The zero-order valence-electron chi connectivity index (χ0n) is 48.9. The number of unbranched alkanes of at least 4 members (excludes halogenated alkanes) is 41. The molecule has 0 aliphatic rings. The summed E-state index contributed by atoms with van der Waals surface area (Å²) in [6.45, 7) is 6.88. The first kappa shape index (κ1) is 68.8. The molecule has 0 aromatic heterocycles. The van der Waals surface area contributed by atoms with Gasteiger partial charge in [0.2, 0.25) is 0 Å². The molecule has 0 bridgehead atoms. The molecule has 0 unspecified atom stereocenters. The summed E-state index contributed by atoms with van der Waals surface area (Å²) in [4.78, 5) is 10.3. The fourth-order valence-corrected chi connectivity index (χ4v) is 10.5. The number of nitrogens with zero attached hydrogens (tertiary/aromatic N) is 2. The Kier molecular flexibility index (Phi) is 52.7. The average molecular weight is 1050 g/mol. The third-order valence-corrected chi connectivity index (χ3v) is 15.3.